The quantitative estimate of drug-likeness (QED) is 0.266. The van der Waals surface area contributed by atoms with E-state index in [0.29, 0.717) is 5.39 Å². The van der Waals surface area contributed by atoms with Gasteiger partial charge in [-0.1, -0.05) is 11.6 Å². The van der Waals surface area contributed by atoms with E-state index in [1.807, 2.05) is 0 Å². The number of rotatable bonds is 5. The van der Waals surface area contributed by atoms with Gasteiger partial charge in [-0.3, -0.25) is 14.1 Å². The van der Waals surface area contributed by atoms with E-state index in [9.17, 15) is 37.3 Å². The number of nitrogens with zero attached hydrogens (tertiary/aromatic N) is 1. The van der Waals surface area contributed by atoms with Crippen molar-refractivity contribution in [1.82, 2.24) is 10.0 Å². The molecule has 1 aliphatic heterocycles. The summed E-state index contributed by atoms with van der Waals surface area (Å²) in [4.78, 5) is 54.4. The number of carbonyl (C=O) groups is 3. The van der Waals surface area contributed by atoms with E-state index < -0.39 is 44.8 Å². The van der Waals surface area contributed by atoms with Gasteiger partial charge < -0.3 is 19.3 Å². The number of nitrogens with one attached hydrogen (secondary N) is 1. The molecule has 0 spiro atoms. The largest absolute Gasteiger partial charge is 0.506 e. The molecule has 1 fully saturated rings. The second-order valence-corrected chi connectivity index (χ2v) is 8.81. The van der Waals surface area contributed by atoms with Crippen LogP contribution in [0.1, 0.15) is 18.5 Å². The first-order valence-corrected chi connectivity index (χ1v) is 11.0. The van der Waals surface area contributed by atoms with E-state index in [-0.39, 0.29) is 51.2 Å². The maximum atomic E-state index is 12.4. The van der Waals surface area contributed by atoms with Gasteiger partial charge in [0.1, 0.15) is 16.2 Å². The molecule has 3 N–H and O–H groups in total. The standard InChI is InChI=1S/C19H13ClN2O10S/c20-10-4-8-3-9(19(27)31-14(8)7-13(10)23)11-5-15(33(28,29)30)12(21-11)6-18(26)32-22-16(24)1-2-17(22)25/h3-5,7,21,23H,1-2,6H2,(H,28,29,30). The molecular weight excluding hydrogens is 484 g/mol. The van der Waals surface area contributed by atoms with E-state index in [1.165, 1.54) is 12.1 Å². The first-order valence-electron chi connectivity index (χ1n) is 9.16. The Bertz CT molecular complexity index is 1490. The normalized spacial score (nSPS) is 14.3. The Morgan fingerprint density at radius 2 is 1.82 bits per heavy atom. The lowest BCUT2D eigenvalue weighted by atomic mass is 10.1. The summed E-state index contributed by atoms with van der Waals surface area (Å²) in [5.41, 5.74) is -1.57. The highest BCUT2D eigenvalue weighted by atomic mass is 35.5. The van der Waals surface area contributed by atoms with E-state index in [4.69, 9.17) is 20.9 Å². The number of hydrogen-bond donors (Lipinski definition) is 3. The molecule has 0 aliphatic carbocycles. The van der Waals surface area contributed by atoms with Crippen molar-refractivity contribution in [3.63, 3.8) is 0 Å². The van der Waals surface area contributed by atoms with E-state index in [0.717, 1.165) is 12.1 Å². The average Bonchev–Trinajstić information content (AvgIpc) is 3.27. The van der Waals surface area contributed by atoms with Crippen molar-refractivity contribution in [3.05, 3.63) is 45.4 Å². The first-order chi connectivity index (χ1) is 15.4. The second kappa shape index (κ2) is 8.03. The minimum Gasteiger partial charge on any atom is -0.506 e. The number of carbonyl (C=O) groups excluding carboxylic acids is 3. The minimum absolute atomic E-state index is 0.0101. The predicted octanol–water partition coefficient (Wildman–Crippen LogP) is 1.54. The number of hydrogen-bond acceptors (Lipinski definition) is 9. The molecule has 4 rings (SSSR count). The van der Waals surface area contributed by atoms with Crippen molar-refractivity contribution in [2.45, 2.75) is 24.2 Å². The molecule has 2 aromatic heterocycles. The van der Waals surface area contributed by atoms with Gasteiger partial charge >= 0.3 is 11.6 Å². The average molecular weight is 497 g/mol. The molecule has 0 radical (unpaired) electrons. The van der Waals surface area contributed by atoms with Crippen molar-refractivity contribution in [2.75, 3.05) is 0 Å². The molecule has 1 aliphatic rings. The van der Waals surface area contributed by atoms with Gasteiger partial charge in [0.2, 0.25) is 0 Å². The molecule has 0 saturated carbocycles. The summed E-state index contributed by atoms with van der Waals surface area (Å²) in [5, 5.41) is 10.2. The molecule has 14 heteroatoms. The van der Waals surface area contributed by atoms with Crippen molar-refractivity contribution >= 4 is 50.5 Å². The van der Waals surface area contributed by atoms with Gasteiger partial charge in [0.25, 0.3) is 21.9 Å². The zero-order valence-corrected chi connectivity index (χ0v) is 17.9. The van der Waals surface area contributed by atoms with Crippen molar-refractivity contribution in [1.29, 1.82) is 0 Å². The molecule has 1 saturated heterocycles. The third-order valence-corrected chi connectivity index (χ3v) is 5.97. The smallest absolute Gasteiger partial charge is 0.345 e. The third-order valence-electron chi connectivity index (χ3n) is 4.75. The number of phenols is 1. The lowest BCUT2D eigenvalue weighted by Gasteiger charge is -2.12. The van der Waals surface area contributed by atoms with E-state index >= 15 is 0 Å². The Morgan fingerprint density at radius 3 is 2.45 bits per heavy atom. The fraction of sp³-hybridized carbons (Fsp3) is 0.158. The maximum absolute atomic E-state index is 12.4. The number of phenolic OH excluding ortho intramolecular Hbond substituents is 1. The summed E-state index contributed by atoms with van der Waals surface area (Å²) in [7, 11) is -4.86. The summed E-state index contributed by atoms with van der Waals surface area (Å²) < 4.78 is 38.3. The Kier molecular flexibility index (Phi) is 5.47. The van der Waals surface area contributed by atoms with Crippen LogP contribution >= 0.6 is 11.6 Å². The number of imide groups is 1. The number of halogens is 1. The van der Waals surface area contributed by atoms with Crippen LogP contribution in [0, 0.1) is 0 Å². The highest BCUT2D eigenvalue weighted by Gasteiger charge is 2.33. The molecule has 1 aromatic carbocycles. The fourth-order valence-electron chi connectivity index (χ4n) is 3.24. The van der Waals surface area contributed by atoms with E-state index in [2.05, 4.69) is 4.98 Å². The van der Waals surface area contributed by atoms with Crippen molar-refractivity contribution in [2.24, 2.45) is 0 Å². The number of aromatic nitrogens is 1. The number of aromatic hydroxyl groups is 1. The highest BCUT2D eigenvalue weighted by molar-refractivity contribution is 7.85. The van der Waals surface area contributed by atoms with Crippen LogP contribution in [-0.2, 0) is 35.8 Å². The van der Waals surface area contributed by atoms with Crippen LogP contribution in [0.2, 0.25) is 5.02 Å². The zero-order valence-electron chi connectivity index (χ0n) is 16.3. The predicted molar refractivity (Wildman–Crippen MR) is 110 cm³/mol. The van der Waals surface area contributed by atoms with Crippen LogP contribution in [-0.4, -0.2) is 45.9 Å². The van der Waals surface area contributed by atoms with Crippen LogP contribution in [0.5, 0.6) is 5.75 Å². The number of benzene rings is 1. The molecule has 0 bridgehead atoms. The van der Waals surface area contributed by atoms with Gasteiger partial charge in [-0.15, -0.1) is 5.06 Å². The van der Waals surface area contributed by atoms with Crippen LogP contribution < -0.4 is 5.63 Å². The van der Waals surface area contributed by atoms with Gasteiger partial charge in [-0.2, -0.15) is 8.42 Å². The Hall–Kier alpha value is -3.68. The highest BCUT2D eigenvalue weighted by Crippen LogP contribution is 2.31. The molecular formula is C19H13ClN2O10S. The number of aromatic amines is 1. The lowest BCUT2D eigenvalue weighted by molar-refractivity contribution is -0.197. The first kappa shape index (κ1) is 22.5. The number of H-pyrrole nitrogens is 1. The fourth-order valence-corrected chi connectivity index (χ4v) is 4.11. The number of amides is 2. The van der Waals surface area contributed by atoms with Gasteiger partial charge in [-0.25, -0.2) is 9.59 Å². The summed E-state index contributed by atoms with van der Waals surface area (Å²) in [6.07, 6.45) is -1.05. The van der Waals surface area contributed by atoms with Crippen LogP contribution in [0.25, 0.3) is 22.2 Å². The summed E-state index contributed by atoms with van der Waals surface area (Å²) >= 11 is 5.87. The monoisotopic (exact) mass is 496 g/mol. The molecule has 3 aromatic rings. The van der Waals surface area contributed by atoms with E-state index in [1.54, 1.807) is 0 Å². The molecule has 33 heavy (non-hydrogen) atoms. The summed E-state index contributed by atoms with van der Waals surface area (Å²) in [6, 6.07) is 4.65. The van der Waals surface area contributed by atoms with Crippen LogP contribution in [0.15, 0.2) is 38.4 Å². The molecule has 2 amide bonds. The van der Waals surface area contributed by atoms with Gasteiger partial charge in [0.15, 0.2) is 0 Å². The van der Waals surface area contributed by atoms with Gasteiger partial charge in [0.05, 0.1) is 22.7 Å². The summed E-state index contributed by atoms with van der Waals surface area (Å²) in [6.45, 7) is 0. The Labute approximate surface area is 189 Å². The minimum atomic E-state index is -4.86. The third kappa shape index (κ3) is 4.33. The topological polar surface area (TPSA) is 184 Å². The van der Waals surface area contributed by atoms with Gasteiger partial charge in [-0.05, 0) is 18.2 Å². The molecule has 0 unspecified atom stereocenters. The lowest BCUT2D eigenvalue weighted by Crippen LogP contribution is -2.32. The number of hydroxylamine groups is 2. The Balaban J connectivity index is 1.73. The van der Waals surface area contributed by atoms with Crippen molar-refractivity contribution < 1.29 is 41.7 Å². The van der Waals surface area contributed by atoms with Crippen LogP contribution in [0.3, 0.4) is 0 Å². The second-order valence-electron chi connectivity index (χ2n) is 7.01. The SMILES string of the molecule is O=C(Cc1[nH]c(-c2cc3cc(Cl)c(O)cc3oc2=O)cc1S(=O)(=O)O)ON1C(=O)CCC1=O. The molecule has 12 nitrogen and oxygen atoms in total. The van der Waals surface area contributed by atoms with Crippen molar-refractivity contribution in [3.8, 4) is 17.0 Å². The van der Waals surface area contributed by atoms with Crippen LogP contribution in [0.4, 0.5) is 0 Å². The molecule has 0 atom stereocenters. The van der Waals surface area contributed by atoms with Gasteiger partial charge in [0, 0.05) is 30.0 Å². The molecule has 3 heterocycles. The maximum Gasteiger partial charge on any atom is 0.345 e. The number of fused-ring (bicyclic) bond motifs is 1. The summed E-state index contributed by atoms with van der Waals surface area (Å²) in [5.74, 6) is -2.93. The molecule has 172 valence electrons. The zero-order chi connectivity index (χ0) is 24.1. The Morgan fingerprint density at radius 1 is 1.15 bits per heavy atom.